The Kier molecular flexibility index (Phi) is 4.42. The lowest BCUT2D eigenvalue weighted by atomic mass is 9.89. The van der Waals surface area contributed by atoms with E-state index in [4.69, 9.17) is 12.2 Å². The van der Waals surface area contributed by atoms with Gasteiger partial charge in [-0.25, -0.2) is 0 Å². The van der Waals surface area contributed by atoms with Crippen LogP contribution in [-0.2, 0) is 0 Å². The van der Waals surface area contributed by atoms with Gasteiger partial charge >= 0.3 is 0 Å². The van der Waals surface area contributed by atoms with Crippen LogP contribution in [0, 0.1) is 0 Å². The Morgan fingerprint density at radius 1 is 0.733 bits per heavy atom. The monoisotopic (exact) mass is 224 g/mol. The van der Waals surface area contributed by atoms with Gasteiger partial charge < -0.3 is 4.90 Å². The summed E-state index contributed by atoms with van der Waals surface area (Å²) < 4.78 is 0. The molecule has 0 aromatic rings. The predicted octanol–water partition coefficient (Wildman–Crippen LogP) is 3.79. The van der Waals surface area contributed by atoms with Crippen LogP contribution in [0.15, 0.2) is 0 Å². The van der Waals surface area contributed by atoms with Gasteiger partial charge in [0.2, 0.25) is 0 Å². The SMILES string of the molecule is S=[C]N(C1CCCCC1)C1CCCCC1. The van der Waals surface area contributed by atoms with Crippen molar-refractivity contribution in [2.75, 3.05) is 0 Å². The number of nitrogens with zero attached hydrogens (tertiary/aromatic N) is 1. The van der Waals surface area contributed by atoms with Crippen LogP contribution in [0.5, 0.6) is 0 Å². The van der Waals surface area contributed by atoms with E-state index in [0.717, 1.165) is 12.1 Å². The highest BCUT2D eigenvalue weighted by atomic mass is 32.1. The molecule has 2 fully saturated rings. The second-order valence-electron chi connectivity index (χ2n) is 5.08. The Bertz CT molecular complexity index is 175. The fourth-order valence-corrected chi connectivity index (χ4v) is 3.46. The van der Waals surface area contributed by atoms with E-state index < -0.39 is 0 Å². The number of rotatable bonds is 3. The highest BCUT2D eigenvalue weighted by Gasteiger charge is 2.26. The number of hydrogen-bond donors (Lipinski definition) is 0. The van der Waals surface area contributed by atoms with Crippen molar-refractivity contribution in [1.82, 2.24) is 4.90 Å². The van der Waals surface area contributed by atoms with Crippen molar-refractivity contribution < 1.29 is 0 Å². The van der Waals surface area contributed by atoms with Crippen molar-refractivity contribution >= 4 is 17.7 Å². The zero-order chi connectivity index (χ0) is 10.5. The largest absolute Gasteiger partial charge is 0.354 e. The first kappa shape index (κ1) is 11.4. The molecule has 2 aliphatic rings. The first-order chi connectivity index (χ1) is 7.42. The van der Waals surface area contributed by atoms with Crippen LogP contribution in [0.1, 0.15) is 64.2 Å². The smallest absolute Gasteiger partial charge is 0.137 e. The third-order valence-corrected chi connectivity index (χ3v) is 4.25. The summed E-state index contributed by atoms with van der Waals surface area (Å²) in [5.74, 6) is 0. The minimum absolute atomic E-state index is 0.722. The molecule has 85 valence electrons. The normalized spacial score (nSPS) is 25.1. The molecule has 0 bridgehead atoms. The van der Waals surface area contributed by atoms with Gasteiger partial charge in [0.05, 0.1) is 0 Å². The van der Waals surface area contributed by atoms with Crippen LogP contribution in [-0.4, -0.2) is 22.5 Å². The molecule has 0 aromatic heterocycles. The summed E-state index contributed by atoms with van der Waals surface area (Å²) in [5, 5.41) is 0. The van der Waals surface area contributed by atoms with E-state index in [1.165, 1.54) is 64.2 Å². The van der Waals surface area contributed by atoms with Crippen molar-refractivity contribution in [2.45, 2.75) is 76.3 Å². The summed E-state index contributed by atoms with van der Waals surface area (Å²) in [6.07, 6.45) is 13.8. The molecular formula is C13H22NS. The Hall–Kier alpha value is -0.110. The molecule has 0 atom stereocenters. The van der Waals surface area contributed by atoms with Gasteiger partial charge in [-0.05, 0) is 25.7 Å². The van der Waals surface area contributed by atoms with Crippen molar-refractivity contribution in [3.8, 4) is 0 Å². The highest BCUT2D eigenvalue weighted by molar-refractivity contribution is 7.78. The van der Waals surface area contributed by atoms with Gasteiger partial charge in [-0.1, -0.05) is 50.7 Å². The zero-order valence-electron chi connectivity index (χ0n) is 9.58. The van der Waals surface area contributed by atoms with E-state index >= 15 is 0 Å². The average Bonchev–Trinajstić information content (AvgIpc) is 2.33. The molecule has 15 heavy (non-hydrogen) atoms. The molecule has 1 radical (unpaired) electrons. The molecule has 2 saturated carbocycles. The first-order valence-electron chi connectivity index (χ1n) is 6.58. The van der Waals surface area contributed by atoms with Crippen LogP contribution in [0.4, 0.5) is 0 Å². The molecule has 1 nitrogen and oxygen atoms in total. The second-order valence-corrected chi connectivity index (χ2v) is 5.26. The maximum atomic E-state index is 5.11. The summed E-state index contributed by atoms with van der Waals surface area (Å²) in [4.78, 5) is 2.41. The maximum absolute atomic E-state index is 5.11. The van der Waals surface area contributed by atoms with Gasteiger partial charge in [0.25, 0.3) is 0 Å². The van der Waals surface area contributed by atoms with Crippen LogP contribution in [0.3, 0.4) is 0 Å². The van der Waals surface area contributed by atoms with Gasteiger partial charge in [0.1, 0.15) is 5.49 Å². The molecule has 2 rings (SSSR count). The predicted molar refractivity (Wildman–Crippen MR) is 68.2 cm³/mol. The van der Waals surface area contributed by atoms with E-state index in [1.54, 1.807) is 0 Å². The fraction of sp³-hybridized carbons (Fsp3) is 0.923. The molecule has 0 N–H and O–H groups in total. The standard InChI is InChI=1S/C13H22NS/c15-11-14(12-7-3-1-4-8-12)13-9-5-2-6-10-13/h12-13H,1-10H2. The van der Waals surface area contributed by atoms with Crippen LogP contribution in [0.25, 0.3) is 0 Å². The molecule has 2 aliphatic carbocycles. The summed E-state index contributed by atoms with van der Waals surface area (Å²) >= 11 is 5.11. The Morgan fingerprint density at radius 3 is 1.47 bits per heavy atom. The molecule has 0 aliphatic heterocycles. The minimum Gasteiger partial charge on any atom is -0.354 e. The van der Waals surface area contributed by atoms with Crippen LogP contribution in [0.2, 0.25) is 0 Å². The molecule has 0 amide bonds. The van der Waals surface area contributed by atoms with Gasteiger partial charge in [-0.3, -0.25) is 0 Å². The third kappa shape index (κ3) is 2.93. The highest BCUT2D eigenvalue weighted by Crippen LogP contribution is 2.29. The van der Waals surface area contributed by atoms with Gasteiger partial charge in [0.15, 0.2) is 0 Å². The summed E-state index contributed by atoms with van der Waals surface area (Å²) in [5.41, 5.74) is 3.06. The lowest BCUT2D eigenvalue weighted by Crippen LogP contribution is -2.43. The van der Waals surface area contributed by atoms with Crippen LogP contribution >= 0.6 is 12.2 Å². The van der Waals surface area contributed by atoms with Crippen molar-refractivity contribution in [3.05, 3.63) is 0 Å². The number of hydrogen-bond acceptors (Lipinski definition) is 1. The van der Waals surface area contributed by atoms with E-state index in [9.17, 15) is 0 Å². The Balaban J connectivity index is 1.91. The molecule has 0 unspecified atom stereocenters. The zero-order valence-corrected chi connectivity index (χ0v) is 10.4. The van der Waals surface area contributed by atoms with Crippen molar-refractivity contribution in [2.24, 2.45) is 0 Å². The van der Waals surface area contributed by atoms with E-state index in [2.05, 4.69) is 10.4 Å². The molecule has 0 aromatic carbocycles. The molecular weight excluding hydrogens is 202 g/mol. The van der Waals surface area contributed by atoms with Gasteiger partial charge in [-0.2, -0.15) is 0 Å². The van der Waals surface area contributed by atoms with Gasteiger partial charge in [-0.15, -0.1) is 0 Å². The molecule has 2 heteroatoms. The van der Waals surface area contributed by atoms with E-state index in [0.29, 0.717) is 0 Å². The van der Waals surface area contributed by atoms with Crippen molar-refractivity contribution in [3.63, 3.8) is 0 Å². The van der Waals surface area contributed by atoms with Crippen LogP contribution < -0.4 is 0 Å². The van der Waals surface area contributed by atoms with Crippen molar-refractivity contribution in [1.29, 1.82) is 0 Å². The lowest BCUT2D eigenvalue weighted by molar-refractivity contribution is 0.166. The minimum atomic E-state index is 0.722. The van der Waals surface area contributed by atoms with E-state index in [-0.39, 0.29) is 0 Å². The average molecular weight is 224 g/mol. The van der Waals surface area contributed by atoms with E-state index in [1.807, 2.05) is 0 Å². The van der Waals surface area contributed by atoms with Gasteiger partial charge in [0, 0.05) is 12.1 Å². The number of thiocarbonyl (C=S) groups is 1. The summed E-state index contributed by atoms with van der Waals surface area (Å²) in [7, 11) is 0. The lowest BCUT2D eigenvalue weighted by Gasteiger charge is -2.39. The topological polar surface area (TPSA) is 3.24 Å². The fourth-order valence-electron chi connectivity index (χ4n) is 3.17. The molecule has 0 spiro atoms. The second kappa shape index (κ2) is 5.83. The Morgan fingerprint density at radius 2 is 1.13 bits per heavy atom. The first-order valence-corrected chi connectivity index (χ1v) is 6.99. The summed E-state index contributed by atoms with van der Waals surface area (Å²) in [6, 6.07) is 1.44. The quantitative estimate of drug-likeness (QED) is 0.530. The molecule has 0 heterocycles. The maximum Gasteiger partial charge on any atom is 0.137 e. The summed E-state index contributed by atoms with van der Waals surface area (Å²) in [6.45, 7) is 0. The molecule has 0 saturated heterocycles. The third-order valence-electron chi connectivity index (χ3n) is 4.04. The Labute approximate surface area is 99.2 Å².